The van der Waals surface area contributed by atoms with Crippen LogP contribution in [0.2, 0.25) is 0 Å². The van der Waals surface area contributed by atoms with E-state index in [-0.39, 0.29) is 5.97 Å². The molecule has 1 aliphatic rings. The first kappa shape index (κ1) is 18.2. The first-order valence-corrected chi connectivity index (χ1v) is 8.00. The standard InChI is InChI=1S/C14H18N2.C4H8O2/c15-12-14-6-4-13(5-7-14)8-11-16-9-2-1-3-10-16;1-3-6-4(2)5/h4-7H,1-3,8-11H2;3H2,1-2H3. The predicted molar refractivity (Wildman–Crippen MR) is 87.5 cm³/mol. The van der Waals surface area contributed by atoms with Gasteiger partial charge >= 0.3 is 5.97 Å². The van der Waals surface area contributed by atoms with Gasteiger partial charge in [-0.2, -0.15) is 5.26 Å². The molecule has 0 bridgehead atoms. The number of esters is 1. The highest BCUT2D eigenvalue weighted by Gasteiger charge is 2.09. The number of rotatable bonds is 4. The summed E-state index contributed by atoms with van der Waals surface area (Å²) in [6.45, 7) is 7.33. The molecule has 0 amide bonds. The van der Waals surface area contributed by atoms with Crippen LogP contribution in [0.3, 0.4) is 0 Å². The molecule has 0 spiro atoms. The molecule has 1 fully saturated rings. The van der Waals surface area contributed by atoms with Crippen molar-refractivity contribution >= 4 is 5.97 Å². The largest absolute Gasteiger partial charge is 0.466 e. The van der Waals surface area contributed by atoms with Crippen molar-refractivity contribution in [2.45, 2.75) is 39.5 Å². The van der Waals surface area contributed by atoms with Crippen LogP contribution in [0.25, 0.3) is 0 Å². The van der Waals surface area contributed by atoms with E-state index in [0.717, 1.165) is 18.5 Å². The zero-order chi connectivity index (χ0) is 16.2. The maximum absolute atomic E-state index is 9.82. The fourth-order valence-electron chi connectivity index (χ4n) is 2.42. The molecule has 0 aromatic heterocycles. The molecule has 22 heavy (non-hydrogen) atoms. The van der Waals surface area contributed by atoms with Crippen molar-refractivity contribution in [3.8, 4) is 6.07 Å². The molecule has 4 nitrogen and oxygen atoms in total. The maximum Gasteiger partial charge on any atom is 0.302 e. The molecule has 1 saturated heterocycles. The Bertz CT molecular complexity index is 471. The third-order valence-electron chi connectivity index (χ3n) is 3.60. The van der Waals surface area contributed by atoms with Gasteiger partial charge in [-0.3, -0.25) is 4.79 Å². The van der Waals surface area contributed by atoms with Crippen LogP contribution < -0.4 is 0 Å². The fourth-order valence-corrected chi connectivity index (χ4v) is 2.42. The van der Waals surface area contributed by atoms with Crippen LogP contribution in [-0.4, -0.2) is 37.1 Å². The molecule has 0 saturated carbocycles. The van der Waals surface area contributed by atoms with Crippen molar-refractivity contribution in [2.24, 2.45) is 0 Å². The normalized spacial score (nSPS) is 14.4. The molecule has 1 aliphatic heterocycles. The highest BCUT2D eigenvalue weighted by Crippen LogP contribution is 2.10. The quantitative estimate of drug-likeness (QED) is 0.802. The van der Waals surface area contributed by atoms with Crippen molar-refractivity contribution in [2.75, 3.05) is 26.2 Å². The Balaban J connectivity index is 0.000000346. The minimum atomic E-state index is -0.211. The summed E-state index contributed by atoms with van der Waals surface area (Å²) in [6.07, 6.45) is 5.21. The summed E-state index contributed by atoms with van der Waals surface area (Å²) in [4.78, 5) is 12.4. The number of carbonyl (C=O) groups is 1. The van der Waals surface area contributed by atoms with Gasteiger partial charge in [-0.15, -0.1) is 0 Å². The van der Waals surface area contributed by atoms with Crippen molar-refractivity contribution in [3.63, 3.8) is 0 Å². The lowest BCUT2D eigenvalue weighted by Crippen LogP contribution is -2.31. The molecular weight excluding hydrogens is 276 g/mol. The first-order valence-electron chi connectivity index (χ1n) is 8.00. The van der Waals surface area contributed by atoms with Gasteiger partial charge < -0.3 is 9.64 Å². The molecule has 1 aromatic rings. The second kappa shape index (κ2) is 10.8. The van der Waals surface area contributed by atoms with Crippen molar-refractivity contribution in [3.05, 3.63) is 35.4 Å². The van der Waals surface area contributed by atoms with Crippen LogP contribution in [0.1, 0.15) is 44.2 Å². The molecule has 4 heteroatoms. The number of likely N-dealkylation sites (tertiary alicyclic amines) is 1. The van der Waals surface area contributed by atoms with Crippen LogP contribution in [0.4, 0.5) is 0 Å². The molecule has 0 radical (unpaired) electrons. The van der Waals surface area contributed by atoms with Gasteiger partial charge in [0.15, 0.2) is 0 Å². The van der Waals surface area contributed by atoms with Crippen molar-refractivity contribution in [1.29, 1.82) is 5.26 Å². The molecule has 120 valence electrons. The molecule has 1 aromatic carbocycles. The predicted octanol–water partition coefficient (Wildman–Crippen LogP) is 3.16. The Morgan fingerprint density at radius 3 is 2.32 bits per heavy atom. The van der Waals surface area contributed by atoms with Crippen molar-refractivity contribution < 1.29 is 9.53 Å². The third-order valence-corrected chi connectivity index (χ3v) is 3.60. The van der Waals surface area contributed by atoms with Crippen LogP contribution in [-0.2, 0) is 16.0 Å². The number of ether oxygens (including phenoxy) is 1. The van der Waals surface area contributed by atoms with E-state index >= 15 is 0 Å². The minimum absolute atomic E-state index is 0.211. The lowest BCUT2D eigenvalue weighted by Gasteiger charge is -2.26. The van der Waals surface area contributed by atoms with E-state index in [2.05, 4.69) is 27.8 Å². The van der Waals surface area contributed by atoms with Gasteiger partial charge in [0.25, 0.3) is 0 Å². The topological polar surface area (TPSA) is 53.3 Å². The summed E-state index contributed by atoms with van der Waals surface area (Å²) >= 11 is 0. The van der Waals surface area contributed by atoms with Gasteiger partial charge in [0.2, 0.25) is 0 Å². The highest BCUT2D eigenvalue weighted by molar-refractivity contribution is 5.65. The molecule has 1 heterocycles. The van der Waals surface area contributed by atoms with Gasteiger partial charge in [-0.1, -0.05) is 18.6 Å². The molecule has 0 aliphatic carbocycles. The van der Waals surface area contributed by atoms with E-state index in [0.29, 0.717) is 6.61 Å². The first-order chi connectivity index (χ1) is 10.7. The zero-order valence-electron chi connectivity index (χ0n) is 13.7. The van der Waals surface area contributed by atoms with E-state index in [4.69, 9.17) is 5.26 Å². The maximum atomic E-state index is 9.82. The van der Waals surface area contributed by atoms with Crippen molar-refractivity contribution in [1.82, 2.24) is 4.90 Å². The average molecular weight is 302 g/mol. The molecule has 0 N–H and O–H groups in total. The van der Waals surface area contributed by atoms with Gasteiger partial charge in [0.1, 0.15) is 0 Å². The summed E-state index contributed by atoms with van der Waals surface area (Å²) in [7, 11) is 0. The second-order valence-electron chi connectivity index (χ2n) is 5.39. The van der Waals surface area contributed by atoms with E-state index in [9.17, 15) is 4.79 Å². The van der Waals surface area contributed by atoms with Crippen LogP contribution in [0.15, 0.2) is 24.3 Å². The number of hydrogen-bond donors (Lipinski definition) is 0. The summed E-state index contributed by atoms with van der Waals surface area (Å²) < 4.78 is 4.40. The Morgan fingerprint density at radius 1 is 1.23 bits per heavy atom. The fraction of sp³-hybridized carbons (Fsp3) is 0.556. The Morgan fingerprint density at radius 2 is 1.86 bits per heavy atom. The lowest BCUT2D eigenvalue weighted by molar-refractivity contribution is -0.140. The summed E-state index contributed by atoms with van der Waals surface area (Å²) in [5.41, 5.74) is 2.09. The van der Waals surface area contributed by atoms with E-state index in [1.54, 1.807) is 6.92 Å². The van der Waals surface area contributed by atoms with Gasteiger partial charge in [0.05, 0.1) is 18.2 Å². The number of nitrogens with zero attached hydrogens (tertiary/aromatic N) is 2. The summed E-state index contributed by atoms with van der Waals surface area (Å²) in [5, 5.41) is 8.70. The third kappa shape index (κ3) is 7.80. The number of benzene rings is 1. The van der Waals surface area contributed by atoms with E-state index < -0.39 is 0 Å². The SMILES string of the molecule is CCOC(C)=O.N#Cc1ccc(CCN2CCCCC2)cc1. The van der Waals surface area contributed by atoms with Gasteiger partial charge in [-0.25, -0.2) is 0 Å². The Labute approximate surface area is 133 Å². The summed E-state index contributed by atoms with van der Waals surface area (Å²) in [5.74, 6) is -0.211. The monoisotopic (exact) mass is 302 g/mol. The second-order valence-corrected chi connectivity index (χ2v) is 5.39. The van der Waals surface area contributed by atoms with Gasteiger partial charge in [0, 0.05) is 13.5 Å². The molecule has 0 atom stereocenters. The van der Waals surface area contributed by atoms with Gasteiger partial charge in [-0.05, 0) is 57.0 Å². The Hall–Kier alpha value is -1.86. The lowest BCUT2D eigenvalue weighted by atomic mass is 10.1. The average Bonchev–Trinajstić information content (AvgIpc) is 2.55. The van der Waals surface area contributed by atoms with E-state index in [1.807, 2.05) is 12.1 Å². The van der Waals surface area contributed by atoms with Crippen LogP contribution in [0, 0.1) is 11.3 Å². The Kier molecular flexibility index (Phi) is 8.94. The molecular formula is C18H26N2O2. The number of nitriles is 1. The zero-order valence-corrected chi connectivity index (χ0v) is 13.7. The molecule has 0 unspecified atom stereocenters. The minimum Gasteiger partial charge on any atom is -0.466 e. The summed E-state index contributed by atoms with van der Waals surface area (Å²) in [6, 6.07) is 10.1. The van der Waals surface area contributed by atoms with Crippen LogP contribution >= 0.6 is 0 Å². The van der Waals surface area contributed by atoms with Crippen LogP contribution in [0.5, 0.6) is 0 Å². The number of carbonyl (C=O) groups excluding carboxylic acids is 1. The number of piperidine rings is 1. The number of hydrogen-bond acceptors (Lipinski definition) is 4. The molecule has 2 rings (SSSR count). The highest BCUT2D eigenvalue weighted by atomic mass is 16.5. The smallest absolute Gasteiger partial charge is 0.302 e. The van der Waals surface area contributed by atoms with E-state index in [1.165, 1.54) is 44.8 Å².